The van der Waals surface area contributed by atoms with Crippen LogP contribution in [0.5, 0.6) is 0 Å². The molecule has 1 aliphatic rings. The highest BCUT2D eigenvalue weighted by molar-refractivity contribution is 7.80. The Morgan fingerprint density at radius 1 is 1.38 bits per heavy atom. The SMILES string of the molecule is CCC1CN(C)CCCN1CCC(=O)N(C)CCC(N)=S. The average molecular weight is 314 g/mol. The highest BCUT2D eigenvalue weighted by Crippen LogP contribution is 2.12. The Kier molecular flexibility index (Phi) is 8.14. The van der Waals surface area contributed by atoms with Crippen LogP contribution in [-0.2, 0) is 4.79 Å². The number of nitrogens with zero attached hydrogens (tertiary/aromatic N) is 3. The first-order valence-electron chi connectivity index (χ1n) is 7.89. The van der Waals surface area contributed by atoms with Crippen molar-refractivity contribution in [3.05, 3.63) is 0 Å². The molecule has 1 atom stereocenters. The number of rotatable bonds is 7. The van der Waals surface area contributed by atoms with Crippen LogP contribution < -0.4 is 5.73 Å². The maximum Gasteiger partial charge on any atom is 0.223 e. The van der Waals surface area contributed by atoms with Crippen molar-refractivity contribution in [1.29, 1.82) is 0 Å². The maximum absolute atomic E-state index is 12.1. The van der Waals surface area contributed by atoms with Gasteiger partial charge in [0.2, 0.25) is 5.91 Å². The van der Waals surface area contributed by atoms with Crippen molar-refractivity contribution in [2.45, 2.75) is 38.6 Å². The average Bonchev–Trinajstić information content (AvgIpc) is 2.63. The lowest BCUT2D eigenvalue weighted by Gasteiger charge is -2.30. The summed E-state index contributed by atoms with van der Waals surface area (Å²) in [7, 11) is 4.01. The van der Waals surface area contributed by atoms with Crippen molar-refractivity contribution in [1.82, 2.24) is 14.7 Å². The molecule has 1 heterocycles. The van der Waals surface area contributed by atoms with Gasteiger partial charge in [-0.1, -0.05) is 19.1 Å². The molecule has 2 N–H and O–H groups in total. The lowest BCUT2D eigenvalue weighted by Crippen LogP contribution is -2.42. The van der Waals surface area contributed by atoms with Crippen LogP contribution in [0, 0.1) is 0 Å². The molecular formula is C15H30N4OS. The molecule has 0 saturated carbocycles. The van der Waals surface area contributed by atoms with Crippen molar-refractivity contribution in [3.63, 3.8) is 0 Å². The van der Waals surface area contributed by atoms with Crippen LogP contribution in [0.3, 0.4) is 0 Å². The zero-order valence-corrected chi connectivity index (χ0v) is 14.5. The summed E-state index contributed by atoms with van der Waals surface area (Å²) < 4.78 is 0. The molecule has 21 heavy (non-hydrogen) atoms. The summed E-state index contributed by atoms with van der Waals surface area (Å²) in [5, 5.41) is 0. The molecule has 1 aliphatic heterocycles. The van der Waals surface area contributed by atoms with Gasteiger partial charge in [0.25, 0.3) is 0 Å². The van der Waals surface area contributed by atoms with E-state index in [0.29, 0.717) is 30.4 Å². The second-order valence-corrected chi connectivity index (χ2v) is 6.52. The number of thiocarbonyl (C=S) groups is 1. The van der Waals surface area contributed by atoms with Crippen LogP contribution in [-0.4, -0.2) is 78.5 Å². The molecule has 1 unspecified atom stereocenters. The highest BCUT2D eigenvalue weighted by atomic mass is 32.1. The van der Waals surface area contributed by atoms with Gasteiger partial charge in [0, 0.05) is 45.6 Å². The van der Waals surface area contributed by atoms with E-state index in [-0.39, 0.29) is 5.91 Å². The molecule has 1 saturated heterocycles. The Bertz CT molecular complexity index is 351. The van der Waals surface area contributed by atoms with Gasteiger partial charge in [-0.05, 0) is 33.0 Å². The zero-order valence-electron chi connectivity index (χ0n) is 13.7. The summed E-state index contributed by atoms with van der Waals surface area (Å²) in [6.07, 6.45) is 3.49. The minimum absolute atomic E-state index is 0.179. The van der Waals surface area contributed by atoms with Gasteiger partial charge in [0.1, 0.15) is 0 Å². The molecule has 1 rings (SSSR count). The van der Waals surface area contributed by atoms with E-state index in [0.717, 1.165) is 32.6 Å². The first kappa shape index (κ1) is 18.3. The summed E-state index contributed by atoms with van der Waals surface area (Å²) in [5.41, 5.74) is 5.48. The molecule has 0 spiro atoms. The van der Waals surface area contributed by atoms with Gasteiger partial charge in [-0.3, -0.25) is 9.69 Å². The van der Waals surface area contributed by atoms with E-state index >= 15 is 0 Å². The van der Waals surface area contributed by atoms with Crippen molar-refractivity contribution < 1.29 is 4.79 Å². The highest BCUT2D eigenvalue weighted by Gasteiger charge is 2.22. The Balaban J connectivity index is 2.40. The van der Waals surface area contributed by atoms with Crippen LogP contribution >= 0.6 is 12.2 Å². The zero-order chi connectivity index (χ0) is 15.8. The monoisotopic (exact) mass is 314 g/mol. The minimum Gasteiger partial charge on any atom is -0.393 e. The van der Waals surface area contributed by atoms with Crippen LogP contribution in [0.4, 0.5) is 0 Å². The van der Waals surface area contributed by atoms with Crippen molar-refractivity contribution in [2.75, 3.05) is 46.8 Å². The van der Waals surface area contributed by atoms with Gasteiger partial charge in [-0.2, -0.15) is 0 Å². The number of carbonyl (C=O) groups excluding carboxylic acids is 1. The summed E-state index contributed by atoms with van der Waals surface area (Å²) in [5.74, 6) is 0.179. The van der Waals surface area contributed by atoms with E-state index in [1.54, 1.807) is 4.90 Å². The molecule has 0 aromatic heterocycles. The Morgan fingerprint density at radius 2 is 2.10 bits per heavy atom. The molecule has 1 amide bonds. The summed E-state index contributed by atoms with van der Waals surface area (Å²) >= 11 is 4.85. The Hall–Kier alpha value is -0.720. The normalized spacial score (nSPS) is 21.0. The predicted molar refractivity (Wildman–Crippen MR) is 91.4 cm³/mol. The molecule has 0 bridgehead atoms. The molecule has 5 nitrogen and oxygen atoms in total. The van der Waals surface area contributed by atoms with Gasteiger partial charge in [0.05, 0.1) is 4.99 Å². The third kappa shape index (κ3) is 6.72. The molecule has 6 heteroatoms. The predicted octanol–water partition coefficient (Wildman–Crippen LogP) is 0.927. The van der Waals surface area contributed by atoms with E-state index in [1.807, 2.05) is 7.05 Å². The fourth-order valence-electron chi connectivity index (χ4n) is 2.81. The molecule has 1 fully saturated rings. The third-order valence-corrected chi connectivity index (χ3v) is 4.43. The summed E-state index contributed by atoms with van der Waals surface area (Å²) in [6, 6.07) is 0.562. The van der Waals surface area contributed by atoms with Crippen LogP contribution in [0.1, 0.15) is 32.6 Å². The standard InChI is InChI=1S/C15H30N4OS/c1-4-13-12-17(2)8-5-9-19(13)11-7-15(20)18(3)10-6-14(16)21/h13H,4-12H2,1-3H3,(H2,16,21). The molecule has 0 radical (unpaired) electrons. The van der Waals surface area contributed by atoms with E-state index in [4.69, 9.17) is 18.0 Å². The van der Waals surface area contributed by atoms with Crippen molar-refractivity contribution in [3.8, 4) is 0 Å². The van der Waals surface area contributed by atoms with Gasteiger partial charge >= 0.3 is 0 Å². The number of nitrogens with two attached hydrogens (primary N) is 1. The van der Waals surface area contributed by atoms with E-state index in [2.05, 4.69) is 23.8 Å². The Morgan fingerprint density at radius 3 is 2.71 bits per heavy atom. The fraction of sp³-hybridized carbons (Fsp3) is 0.867. The van der Waals surface area contributed by atoms with Crippen LogP contribution in [0.2, 0.25) is 0 Å². The number of hydrogen-bond acceptors (Lipinski definition) is 4. The van der Waals surface area contributed by atoms with E-state index in [1.165, 1.54) is 6.42 Å². The van der Waals surface area contributed by atoms with Gasteiger partial charge in [-0.25, -0.2) is 0 Å². The fourth-order valence-corrected chi connectivity index (χ4v) is 2.90. The van der Waals surface area contributed by atoms with Crippen molar-refractivity contribution >= 4 is 23.1 Å². The number of hydrogen-bond donors (Lipinski definition) is 1. The van der Waals surface area contributed by atoms with Gasteiger partial charge < -0.3 is 15.5 Å². The first-order valence-corrected chi connectivity index (χ1v) is 8.29. The lowest BCUT2D eigenvalue weighted by molar-refractivity contribution is -0.130. The topological polar surface area (TPSA) is 52.8 Å². The number of likely N-dealkylation sites (N-methyl/N-ethyl adjacent to an activating group) is 1. The van der Waals surface area contributed by atoms with Crippen LogP contribution in [0.15, 0.2) is 0 Å². The van der Waals surface area contributed by atoms with Crippen molar-refractivity contribution in [2.24, 2.45) is 5.73 Å². The number of amides is 1. The third-order valence-electron chi connectivity index (χ3n) is 4.23. The van der Waals surface area contributed by atoms with E-state index in [9.17, 15) is 4.79 Å². The first-order chi connectivity index (χ1) is 9.93. The molecular weight excluding hydrogens is 284 g/mol. The quantitative estimate of drug-likeness (QED) is 0.709. The molecule has 0 aromatic rings. The molecule has 0 aliphatic carbocycles. The lowest BCUT2D eigenvalue weighted by atomic mass is 10.1. The summed E-state index contributed by atoms with van der Waals surface area (Å²) in [6.45, 7) is 7.03. The number of carbonyl (C=O) groups is 1. The minimum atomic E-state index is 0.179. The smallest absolute Gasteiger partial charge is 0.223 e. The second kappa shape index (κ2) is 9.33. The largest absolute Gasteiger partial charge is 0.393 e. The van der Waals surface area contributed by atoms with Gasteiger partial charge in [-0.15, -0.1) is 0 Å². The second-order valence-electron chi connectivity index (χ2n) is 6.00. The Labute approximate surface area is 134 Å². The molecule has 0 aromatic carbocycles. The molecule has 122 valence electrons. The summed E-state index contributed by atoms with van der Waals surface area (Å²) in [4.78, 5) is 19.2. The van der Waals surface area contributed by atoms with Crippen LogP contribution in [0.25, 0.3) is 0 Å². The van der Waals surface area contributed by atoms with E-state index < -0.39 is 0 Å². The maximum atomic E-state index is 12.1. The van der Waals surface area contributed by atoms with Gasteiger partial charge in [0.15, 0.2) is 0 Å².